The summed E-state index contributed by atoms with van der Waals surface area (Å²) < 4.78 is 5.70. The molecule has 4 heteroatoms. The quantitative estimate of drug-likeness (QED) is 0.718. The Hall–Kier alpha value is -2.52. The lowest BCUT2D eigenvalue weighted by atomic mass is 10.0. The molecule has 1 N–H and O–H groups in total. The van der Waals surface area contributed by atoms with Crippen LogP contribution in [0.1, 0.15) is 18.1 Å². The maximum atomic E-state index is 12.6. The van der Waals surface area contributed by atoms with Crippen molar-refractivity contribution in [1.29, 1.82) is 0 Å². The first-order chi connectivity index (χ1) is 12.1. The molecule has 126 valence electrons. The Bertz CT molecular complexity index is 940. The number of nitrogens with one attached hydrogen (secondary N) is 1. The van der Waals surface area contributed by atoms with Crippen molar-refractivity contribution in [1.82, 2.24) is 0 Å². The molecule has 0 saturated heterocycles. The maximum absolute atomic E-state index is 12.6. The third-order valence-corrected chi connectivity index (χ3v) is 4.88. The Balaban J connectivity index is 1.55. The normalized spacial score (nSPS) is 13.7. The molecule has 0 aliphatic heterocycles. The van der Waals surface area contributed by atoms with Crippen molar-refractivity contribution in [3.05, 3.63) is 70.7 Å². The van der Waals surface area contributed by atoms with Crippen LogP contribution in [0.2, 0.25) is 5.02 Å². The number of carbonyl (C=O) groups excluding carboxylic acids is 1. The van der Waals surface area contributed by atoms with Crippen LogP contribution in [-0.4, -0.2) is 12.0 Å². The van der Waals surface area contributed by atoms with E-state index in [4.69, 9.17) is 16.3 Å². The van der Waals surface area contributed by atoms with Crippen molar-refractivity contribution in [3.63, 3.8) is 0 Å². The standard InChI is InChI=1S/C21H18ClNO2/c1-13(25-17-10-8-16(22)9-11-17)21(24)23-19-12-7-15-6-5-14-3-2-4-18(19)20(14)15/h2-4,7-13H,5-6H2,1H3,(H,23,24)/t13-/m1/s1. The smallest absolute Gasteiger partial charge is 0.265 e. The Morgan fingerprint density at radius 1 is 1.04 bits per heavy atom. The molecule has 0 radical (unpaired) electrons. The Labute approximate surface area is 151 Å². The van der Waals surface area contributed by atoms with Gasteiger partial charge in [-0.1, -0.05) is 35.9 Å². The minimum absolute atomic E-state index is 0.173. The zero-order valence-corrected chi connectivity index (χ0v) is 14.6. The molecule has 0 saturated carbocycles. The molecule has 3 nitrogen and oxygen atoms in total. The lowest BCUT2D eigenvalue weighted by molar-refractivity contribution is -0.122. The van der Waals surface area contributed by atoms with Crippen molar-refractivity contribution in [2.45, 2.75) is 25.9 Å². The van der Waals surface area contributed by atoms with Crippen LogP contribution in [0.15, 0.2) is 54.6 Å². The minimum atomic E-state index is -0.607. The Morgan fingerprint density at radius 2 is 1.76 bits per heavy atom. The molecule has 3 aromatic rings. The van der Waals surface area contributed by atoms with Crippen molar-refractivity contribution in [2.75, 3.05) is 5.32 Å². The van der Waals surface area contributed by atoms with E-state index in [1.54, 1.807) is 31.2 Å². The van der Waals surface area contributed by atoms with E-state index in [1.807, 2.05) is 6.07 Å². The number of carbonyl (C=O) groups is 1. The van der Waals surface area contributed by atoms with Gasteiger partial charge in [0.25, 0.3) is 5.91 Å². The van der Waals surface area contributed by atoms with Crippen LogP contribution < -0.4 is 10.1 Å². The van der Waals surface area contributed by atoms with Gasteiger partial charge in [-0.3, -0.25) is 4.79 Å². The number of ether oxygens (including phenoxy) is 1. The summed E-state index contributed by atoms with van der Waals surface area (Å²) in [5, 5.41) is 6.03. The van der Waals surface area contributed by atoms with Crippen molar-refractivity contribution < 1.29 is 9.53 Å². The minimum Gasteiger partial charge on any atom is -0.481 e. The second kappa shape index (κ2) is 6.41. The summed E-state index contributed by atoms with van der Waals surface area (Å²) in [6.45, 7) is 1.74. The zero-order valence-electron chi connectivity index (χ0n) is 13.9. The summed E-state index contributed by atoms with van der Waals surface area (Å²) in [5.41, 5.74) is 3.54. The van der Waals surface area contributed by atoms with Crippen LogP contribution in [0, 0.1) is 0 Å². The molecule has 0 unspecified atom stereocenters. The van der Waals surface area contributed by atoms with Crippen LogP contribution in [0.25, 0.3) is 10.8 Å². The maximum Gasteiger partial charge on any atom is 0.265 e. The van der Waals surface area contributed by atoms with E-state index in [2.05, 4.69) is 29.6 Å². The lowest BCUT2D eigenvalue weighted by Crippen LogP contribution is -2.30. The first-order valence-electron chi connectivity index (χ1n) is 8.38. The average Bonchev–Trinajstić information content (AvgIpc) is 3.04. The van der Waals surface area contributed by atoms with Gasteiger partial charge in [0.2, 0.25) is 0 Å². The van der Waals surface area contributed by atoms with Gasteiger partial charge in [0.05, 0.1) is 0 Å². The van der Waals surface area contributed by atoms with Crippen LogP contribution in [-0.2, 0) is 17.6 Å². The highest BCUT2D eigenvalue weighted by atomic mass is 35.5. The van der Waals surface area contributed by atoms with Crippen LogP contribution in [0.3, 0.4) is 0 Å². The van der Waals surface area contributed by atoms with Gasteiger partial charge in [-0.2, -0.15) is 0 Å². The molecule has 4 rings (SSSR count). The molecule has 25 heavy (non-hydrogen) atoms. The van der Waals surface area contributed by atoms with E-state index < -0.39 is 6.10 Å². The average molecular weight is 352 g/mol. The number of halogens is 1. The predicted molar refractivity (Wildman–Crippen MR) is 102 cm³/mol. The van der Waals surface area contributed by atoms with E-state index in [0.717, 1.165) is 23.9 Å². The van der Waals surface area contributed by atoms with Gasteiger partial charge in [0, 0.05) is 16.1 Å². The monoisotopic (exact) mass is 351 g/mol. The number of anilines is 1. The Morgan fingerprint density at radius 3 is 2.52 bits per heavy atom. The van der Waals surface area contributed by atoms with Gasteiger partial charge in [-0.05, 0) is 66.6 Å². The SMILES string of the molecule is C[C@@H](Oc1ccc(Cl)cc1)C(=O)Nc1ccc2c3c(cccc13)CC2. The van der Waals surface area contributed by atoms with Gasteiger partial charge in [0.1, 0.15) is 5.75 Å². The number of hydrogen-bond acceptors (Lipinski definition) is 2. The summed E-state index contributed by atoms with van der Waals surface area (Å²) >= 11 is 5.87. The summed E-state index contributed by atoms with van der Waals surface area (Å²) in [4.78, 5) is 12.6. The molecule has 1 aliphatic rings. The molecule has 0 aromatic heterocycles. The third kappa shape index (κ3) is 3.08. The summed E-state index contributed by atoms with van der Waals surface area (Å²) in [5.74, 6) is 0.445. The van der Waals surface area contributed by atoms with Crippen molar-refractivity contribution >= 4 is 34.0 Å². The second-order valence-corrected chi connectivity index (χ2v) is 6.75. The van der Waals surface area contributed by atoms with Gasteiger partial charge in [-0.25, -0.2) is 0 Å². The third-order valence-electron chi connectivity index (χ3n) is 4.63. The van der Waals surface area contributed by atoms with Gasteiger partial charge in [-0.15, -0.1) is 0 Å². The highest BCUT2D eigenvalue weighted by molar-refractivity contribution is 6.30. The summed E-state index contributed by atoms with van der Waals surface area (Å²) in [7, 11) is 0. The fraction of sp³-hybridized carbons (Fsp3) is 0.190. The van der Waals surface area contributed by atoms with Crippen LogP contribution in [0.4, 0.5) is 5.69 Å². The largest absolute Gasteiger partial charge is 0.481 e. The van der Waals surface area contributed by atoms with Crippen LogP contribution in [0.5, 0.6) is 5.75 Å². The fourth-order valence-electron chi connectivity index (χ4n) is 3.36. The van der Waals surface area contributed by atoms with E-state index in [0.29, 0.717) is 10.8 Å². The fourth-order valence-corrected chi connectivity index (χ4v) is 3.49. The summed E-state index contributed by atoms with van der Waals surface area (Å²) in [6, 6.07) is 17.4. The lowest BCUT2D eigenvalue weighted by Gasteiger charge is -2.16. The number of amides is 1. The van der Waals surface area contributed by atoms with Gasteiger partial charge < -0.3 is 10.1 Å². The first kappa shape index (κ1) is 16.0. The molecule has 3 aromatic carbocycles. The second-order valence-electron chi connectivity index (χ2n) is 6.32. The highest BCUT2D eigenvalue weighted by Crippen LogP contribution is 2.35. The number of hydrogen-bond donors (Lipinski definition) is 1. The summed E-state index contributed by atoms with van der Waals surface area (Å²) in [6.07, 6.45) is 1.53. The molecule has 0 fully saturated rings. The van der Waals surface area contributed by atoms with E-state index in [1.165, 1.54) is 16.5 Å². The molecular weight excluding hydrogens is 334 g/mol. The predicted octanol–water partition coefficient (Wildman–Crippen LogP) is 5.00. The topological polar surface area (TPSA) is 38.3 Å². The number of benzene rings is 3. The van der Waals surface area contributed by atoms with E-state index in [9.17, 15) is 4.79 Å². The number of aryl methyl sites for hydroxylation is 2. The van der Waals surface area contributed by atoms with Crippen LogP contribution >= 0.6 is 11.6 Å². The zero-order chi connectivity index (χ0) is 17.4. The van der Waals surface area contributed by atoms with Gasteiger partial charge in [0.15, 0.2) is 6.10 Å². The molecule has 0 heterocycles. The molecule has 1 aliphatic carbocycles. The van der Waals surface area contributed by atoms with Gasteiger partial charge >= 0.3 is 0 Å². The highest BCUT2D eigenvalue weighted by Gasteiger charge is 2.19. The van der Waals surface area contributed by atoms with Crippen molar-refractivity contribution in [2.24, 2.45) is 0 Å². The van der Waals surface area contributed by atoms with E-state index in [-0.39, 0.29) is 5.91 Å². The molecule has 0 spiro atoms. The van der Waals surface area contributed by atoms with E-state index >= 15 is 0 Å². The van der Waals surface area contributed by atoms with Crippen molar-refractivity contribution in [3.8, 4) is 5.75 Å². The Kier molecular flexibility index (Phi) is 4.10. The first-order valence-corrected chi connectivity index (χ1v) is 8.76. The molecule has 0 bridgehead atoms. The number of rotatable bonds is 4. The molecule has 1 amide bonds. The molecular formula is C21H18ClNO2. The molecule has 1 atom stereocenters.